The van der Waals surface area contributed by atoms with Gasteiger partial charge in [-0.25, -0.2) is 9.50 Å². The van der Waals surface area contributed by atoms with Gasteiger partial charge < -0.3 is 15.1 Å². The number of nitrogens with zero attached hydrogens (tertiary/aromatic N) is 5. The smallest absolute Gasteiger partial charge is 0.276 e. The Bertz CT molecular complexity index is 1210. The van der Waals surface area contributed by atoms with Crippen molar-refractivity contribution in [3.05, 3.63) is 57.6 Å². The first kappa shape index (κ1) is 20.6. The number of hydrogen-bond donors (Lipinski definition) is 2. The van der Waals surface area contributed by atoms with E-state index in [0.717, 1.165) is 38.4 Å². The van der Waals surface area contributed by atoms with Gasteiger partial charge in [0, 0.05) is 55.0 Å². The third-order valence-electron chi connectivity index (χ3n) is 5.73. The van der Waals surface area contributed by atoms with Crippen molar-refractivity contribution in [2.45, 2.75) is 20.3 Å². The molecule has 160 valence electrons. The third kappa shape index (κ3) is 4.15. The summed E-state index contributed by atoms with van der Waals surface area (Å²) in [6, 6.07) is 9.77. The molecule has 1 saturated heterocycles. The van der Waals surface area contributed by atoms with Crippen molar-refractivity contribution in [2.24, 2.45) is 0 Å². The molecule has 0 unspecified atom stereocenters. The molecule has 1 amide bonds. The number of aromatic nitrogens is 3. The minimum atomic E-state index is -0.373. The van der Waals surface area contributed by atoms with Gasteiger partial charge in [-0.15, -0.1) is 0 Å². The Morgan fingerprint density at radius 3 is 2.77 bits per heavy atom. The Kier molecular flexibility index (Phi) is 5.73. The highest BCUT2D eigenvalue weighted by atomic mass is 16.2. The molecule has 9 heteroatoms. The Morgan fingerprint density at radius 1 is 1.29 bits per heavy atom. The highest BCUT2D eigenvalue weighted by molar-refractivity contribution is 5.92. The lowest BCUT2D eigenvalue weighted by atomic mass is 10.1. The number of piperazine rings is 1. The number of carbonyl (C=O) groups excluding carboxylic acids is 1. The molecular formula is C22H25N7O2. The zero-order valence-corrected chi connectivity index (χ0v) is 17.7. The van der Waals surface area contributed by atoms with Crippen LogP contribution in [0.2, 0.25) is 0 Å². The van der Waals surface area contributed by atoms with E-state index in [4.69, 9.17) is 5.26 Å². The number of benzene rings is 1. The Morgan fingerprint density at radius 2 is 2.06 bits per heavy atom. The first-order valence-electron chi connectivity index (χ1n) is 10.4. The summed E-state index contributed by atoms with van der Waals surface area (Å²) in [5.41, 5.74) is 2.69. The number of nitrogens with one attached hydrogen (secondary N) is 2. The fourth-order valence-corrected chi connectivity index (χ4v) is 3.91. The van der Waals surface area contributed by atoms with E-state index in [1.807, 2.05) is 30.3 Å². The number of carbonyl (C=O) groups is 1. The first-order valence-corrected chi connectivity index (χ1v) is 10.4. The van der Waals surface area contributed by atoms with Crippen LogP contribution in [0.15, 0.2) is 35.3 Å². The van der Waals surface area contributed by atoms with E-state index in [1.54, 1.807) is 6.92 Å². The Hall–Kier alpha value is -3.64. The molecule has 0 saturated carbocycles. The summed E-state index contributed by atoms with van der Waals surface area (Å²) >= 11 is 0. The van der Waals surface area contributed by atoms with Crippen molar-refractivity contribution >= 4 is 22.9 Å². The maximum atomic E-state index is 12.8. The number of aryl methyl sites for hydroxylation is 1. The van der Waals surface area contributed by atoms with Gasteiger partial charge in [0.2, 0.25) is 5.91 Å². The summed E-state index contributed by atoms with van der Waals surface area (Å²) in [6.45, 7) is 8.86. The number of fused-ring (bicyclic) bond motifs is 1. The number of hydrogen-bond acceptors (Lipinski definition) is 6. The van der Waals surface area contributed by atoms with Gasteiger partial charge >= 0.3 is 0 Å². The maximum Gasteiger partial charge on any atom is 0.276 e. The molecule has 0 bridgehead atoms. The van der Waals surface area contributed by atoms with E-state index in [9.17, 15) is 9.59 Å². The van der Waals surface area contributed by atoms with Gasteiger partial charge in [-0.1, -0.05) is 13.0 Å². The topological polar surface area (TPSA) is 110 Å². The summed E-state index contributed by atoms with van der Waals surface area (Å²) in [5.74, 6) is -0.290. The number of aromatic amines is 1. The van der Waals surface area contributed by atoms with E-state index in [-0.39, 0.29) is 29.1 Å². The molecule has 0 spiro atoms. The van der Waals surface area contributed by atoms with E-state index in [2.05, 4.69) is 32.1 Å². The Labute approximate surface area is 179 Å². The van der Waals surface area contributed by atoms with Crippen LogP contribution in [0.3, 0.4) is 0 Å². The van der Waals surface area contributed by atoms with Crippen LogP contribution < -0.4 is 15.8 Å². The zero-order valence-electron chi connectivity index (χ0n) is 17.7. The highest BCUT2D eigenvalue weighted by Crippen LogP contribution is 2.21. The summed E-state index contributed by atoms with van der Waals surface area (Å²) in [6.07, 6.45) is 1.33. The molecule has 1 aliphatic rings. The summed E-state index contributed by atoms with van der Waals surface area (Å²) < 4.78 is 1.20. The predicted molar refractivity (Wildman–Crippen MR) is 118 cm³/mol. The van der Waals surface area contributed by atoms with Crippen LogP contribution in [0, 0.1) is 18.3 Å². The second-order valence-electron chi connectivity index (χ2n) is 7.64. The van der Waals surface area contributed by atoms with E-state index < -0.39 is 0 Å². The fraction of sp³-hybridized carbons (Fsp3) is 0.364. The van der Waals surface area contributed by atoms with Gasteiger partial charge in [0.25, 0.3) is 5.56 Å². The van der Waals surface area contributed by atoms with Gasteiger partial charge in [-0.05, 0) is 31.7 Å². The number of rotatable bonds is 5. The molecule has 2 N–H and O–H groups in total. The summed E-state index contributed by atoms with van der Waals surface area (Å²) in [4.78, 5) is 34.5. The molecule has 1 aromatic carbocycles. The lowest BCUT2D eigenvalue weighted by molar-refractivity contribution is -0.115. The van der Waals surface area contributed by atoms with Crippen molar-refractivity contribution < 1.29 is 4.79 Å². The van der Waals surface area contributed by atoms with Crippen molar-refractivity contribution in [3.63, 3.8) is 0 Å². The minimum Gasteiger partial charge on any atom is -0.369 e. The van der Waals surface area contributed by atoms with Crippen molar-refractivity contribution in [3.8, 4) is 6.07 Å². The van der Waals surface area contributed by atoms with Crippen LogP contribution >= 0.6 is 0 Å². The molecule has 4 rings (SSSR count). The van der Waals surface area contributed by atoms with E-state index in [1.165, 1.54) is 10.7 Å². The minimum absolute atomic E-state index is 0.0963. The van der Waals surface area contributed by atoms with Gasteiger partial charge in [0.15, 0.2) is 5.65 Å². The van der Waals surface area contributed by atoms with Gasteiger partial charge in [0.05, 0.1) is 6.42 Å². The summed E-state index contributed by atoms with van der Waals surface area (Å²) in [5, 5.41) is 14.8. The SMILES string of the molecule is CCN1CCN(c2cccc(NC(=O)Cc3c(C)nc4c(C#N)c[nH]n4c3=O)c2)CC1. The molecule has 31 heavy (non-hydrogen) atoms. The number of likely N-dealkylation sites (N-methyl/N-ethyl adjacent to an activating group) is 1. The molecule has 0 aliphatic carbocycles. The summed E-state index contributed by atoms with van der Waals surface area (Å²) in [7, 11) is 0. The number of amides is 1. The second-order valence-corrected chi connectivity index (χ2v) is 7.64. The van der Waals surface area contributed by atoms with E-state index >= 15 is 0 Å². The standard InChI is InChI=1S/C22H25N7O2/c1-3-27-7-9-28(10-8-27)18-6-4-5-17(11-18)26-20(30)12-19-15(2)25-21-16(13-23)14-24-29(21)22(19)31/h4-6,11,14,24H,3,7-10,12H2,1-2H3,(H,26,30). The second kappa shape index (κ2) is 8.62. The Balaban J connectivity index is 1.49. The van der Waals surface area contributed by atoms with Crippen LogP contribution in [0.1, 0.15) is 23.7 Å². The molecule has 3 heterocycles. The number of H-pyrrole nitrogens is 1. The van der Waals surface area contributed by atoms with Crippen LogP contribution in [0.5, 0.6) is 0 Å². The maximum absolute atomic E-state index is 12.8. The molecule has 0 radical (unpaired) electrons. The largest absolute Gasteiger partial charge is 0.369 e. The van der Waals surface area contributed by atoms with Gasteiger partial charge in [-0.3, -0.25) is 14.7 Å². The van der Waals surface area contributed by atoms with Crippen LogP contribution in [0.25, 0.3) is 5.65 Å². The molecule has 3 aromatic rings. The molecule has 0 atom stereocenters. The number of anilines is 2. The van der Waals surface area contributed by atoms with Crippen LogP contribution in [0.4, 0.5) is 11.4 Å². The first-order chi connectivity index (χ1) is 15.0. The quantitative estimate of drug-likeness (QED) is 0.649. The average molecular weight is 419 g/mol. The van der Waals surface area contributed by atoms with Crippen LogP contribution in [-0.4, -0.2) is 58.1 Å². The highest BCUT2D eigenvalue weighted by Gasteiger charge is 2.18. The molecule has 1 aliphatic heterocycles. The molecule has 1 fully saturated rings. The molecule has 2 aromatic heterocycles. The molecular weight excluding hydrogens is 394 g/mol. The monoisotopic (exact) mass is 419 g/mol. The molecule has 9 nitrogen and oxygen atoms in total. The third-order valence-corrected chi connectivity index (χ3v) is 5.73. The average Bonchev–Trinajstić information content (AvgIpc) is 3.19. The van der Waals surface area contributed by atoms with Crippen molar-refractivity contribution in [2.75, 3.05) is 42.9 Å². The van der Waals surface area contributed by atoms with E-state index in [0.29, 0.717) is 16.9 Å². The van der Waals surface area contributed by atoms with Gasteiger partial charge in [-0.2, -0.15) is 5.26 Å². The number of nitriles is 1. The lowest BCUT2D eigenvalue weighted by Crippen LogP contribution is -2.46. The predicted octanol–water partition coefficient (Wildman–Crippen LogP) is 1.53. The normalized spacial score (nSPS) is 14.5. The fourth-order valence-electron chi connectivity index (χ4n) is 3.91. The van der Waals surface area contributed by atoms with Crippen molar-refractivity contribution in [1.29, 1.82) is 5.26 Å². The lowest BCUT2D eigenvalue weighted by Gasteiger charge is -2.35. The zero-order chi connectivity index (χ0) is 22.0. The van der Waals surface area contributed by atoms with Crippen LogP contribution in [-0.2, 0) is 11.2 Å². The van der Waals surface area contributed by atoms with Crippen molar-refractivity contribution in [1.82, 2.24) is 19.5 Å². The van der Waals surface area contributed by atoms with Gasteiger partial charge in [0.1, 0.15) is 11.6 Å².